The summed E-state index contributed by atoms with van der Waals surface area (Å²) in [6.07, 6.45) is 1.85. The van der Waals surface area contributed by atoms with Gasteiger partial charge >= 0.3 is 0 Å². The molecule has 0 saturated carbocycles. The number of carbonyl (C=O) groups excluding carboxylic acids is 1. The number of rotatable bonds is 4. The third-order valence-corrected chi connectivity index (χ3v) is 7.56. The van der Waals surface area contributed by atoms with Gasteiger partial charge in [-0.2, -0.15) is 0 Å². The number of benzene rings is 1. The number of thiophene rings is 1. The molecule has 2 aliphatic heterocycles. The van der Waals surface area contributed by atoms with Crippen molar-refractivity contribution in [2.75, 3.05) is 49.1 Å². The third-order valence-electron chi connectivity index (χ3n) is 6.38. The maximum Gasteiger partial charge on any atom is 0.227 e. The molecule has 2 aliphatic rings. The van der Waals surface area contributed by atoms with Gasteiger partial charge in [-0.1, -0.05) is 17.7 Å². The van der Waals surface area contributed by atoms with Gasteiger partial charge in [-0.15, -0.1) is 21.5 Å². The van der Waals surface area contributed by atoms with E-state index in [0.717, 1.165) is 41.5 Å². The normalized spacial score (nSPS) is 19.1. The standard InChI is InChI=1S/C24H25ClFN5OS/c25-19-15-18(5-6-20(19)26)29-10-12-30(13-11-29)24(32)17-3-1-9-31(16-17)23-8-7-21(27-28-23)22-4-2-14-33-22/h2,4-8,14-15,17H,1,3,9-13,16H2. The minimum absolute atomic E-state index is 0.0376. The second-order valence-electron chi connectivity index (χ2n) is 8.45. The molecule has 4 heterocycles. The van der Waals surface area contributed by atoms with Gasteiger partial charge in [0, 0.05) is 45.0 Å². The van der Waals surface area contributed by atoms with E-state index in [1.807, 2.05) is 34.5 Å². The Kier molecular flexibility index (Phi) is 6.46. The van der Waals surface area contributed by atoms with Crippen LogP contribution in [0.2, 0.25) is 5.02 Å². The molecule has 2 saturated heterocycles. The van der Waals surface area contributed by atoms with Crippen LogP contribution in [0.25, 0.3) is 10.6 Å². The number of anilines is 2. The molecule has 3 aromatic rings. The van der Waals surface area contributed by atoms with Crippen molar-refractivity contribution >= 4 is 40.4 Å². The van der Waals surface area contributed by atoms with Gasteiger partial charge in [-0.3, -0.25) is 4.79 Å². The number of hydrogen-bond donors (Lipinski definition) is 0. The molecule has 9 heteroatoms. The molecule has 0 aliphatic carbocycles. The Morgan fingerprint density at radius 3 is 2.58 bits per heavy atom. The van der Waals surface area contributed by atoms with Crippen molar-refractivity contribution in [3.05, 3.63) is 58.7 Å². The van der Waals surface area contributed by atoms with Crippen LogP contribution in [-0.4, -0.2) is 60.3 Å². The van der Waals surface area contributed by atoms with Crippen molar-refractivity contribution in [3.63, 3.8) is 0 Å². The summed E-state index contributed by atoms with van der Waals surface area (Å²) in [5, 5.41) is 11.0. The fourth-order valence-corrected chi connectivity index (χ4v) is 5.43. The van der Waals surface area contributed by atoms with E-state index in [0.29, 0.717) is 32.7 Å². The predicted molar refractivity (Wildman–Crippen MR) is 130 cm³/mol. The van der Waals surface area contributed by atoms with Crippen molar-refractivity contribution in [1.29, 1.82) is 0 Å². The summed E-state index contributed by atoms with van der Waals surface area (Å²) in [4.78, 5) is 20.6. The Labute approximate surface area is 201 Å². The molecule has 172 valence electrons. The molecule has 0 radical (unpaired) electrons. The minimum Gasteiger partial charge on any atom is -0.368 e. The van der Waals surface area contributed by atoms with Crippen LogP contribution in [0.15, 0.2) is 47.8 Å². The number of aromatic nitrogens is 2. The van der Waals surface area contributed by atoms with E-state index in [1.165, 1.54) is 6.07 Å². The van der Waals surface area contributed by atoms with E-state index in [2.05, 4.69) is 20.0 Å². The largest absolute Gasteiger partial charge is 0.368 e. The van der Waals surface area contributed by atoms with Crippen LogP contribution in [0.1, 0.15) is 12.8 Å². The maximum absolute atomic E-state index is 13.5. The Hall–Kier alpha value is -2.71. The topological polar surface area (TPSA) is 52.6 Å². The number of nitrogens with zero attached hydrogens (tertiary/aromatic N) is 5. The molecule has 2 fully saturated rings. The first-order chi connectivity index (χ1) is 16.1. The highest BCUT2D eigenvalue weighted by Crippen LogP contribution is 2.27. The maximum atomic E-state index is 13.5. The summed E-state index contributed by atoms with van der Waals surface area (Å²) >= 11 is 7.58. The smallest absolute Gasteiger partial charge is 0.227 e. The molecule has 5 rings (SSSR count). The summed E-state index contributed by atoms with van der Waals surface area (Å²) in [7, 11) is 0. The van der Waals surface area contributed by atoms with Crippen molar-refractivity contribution in [3.8, 4) is 10.6 Å². The number of carbonyl (C=O) groups is 1. The van der Waals surface area contributed by atoms with Crippen LogP contribution in [0.5, 0.6) is 0 Å². The molecule has 0 bridgehead atoms. The molecule has 1 amide bonds. The highest BCUT2D eigenvalue weighted by Gasteiger charge is 2.31. The molecule has 1 atom stereocenters. The lowest BCUT2D eigenvalue weighted by Gasteiger charge is -2.40. The molecule has 1 aromatic carbocycles. The Morgan fingerprint density at radius 1 is 1.03 bits per heavy atom. The van der Waals surface area contributed by atoms with Gasteiger partial charge in [0.1, 0.15) is 11.5 Å². The monoisotopic (exact) mass is 485 g/mol. The number of halogens is 2. The zero-order valence-corrected chi connectivity index (χ0v) is 19.7. The summed E-state index contributed by atoms with van der Waals surface area (Å²) < 4.78 is 13.5. The van der Waals surface area contributed by atoms with Gasteiger partial charge in [0.15, 0.2) is 5.82 Å². The molecule has 0 N–H and O–H groups in total. The zero-order valence-electron chi connectivity index (χ0n) is 18.2. The number of amides is 1. The number of piperazine rings is 1. The molecule has 2 aromatic heterocycles. The van der Waals surface area contributed by atoms with E-state index in [1.54, 1.807) is 23.5 Å². The van der Waals surface area contributed by atoms with Gasteiger partial charge in [0.05, 0.1) is 15.8 Å². The van der Waals surface area contributed by atoms with Crippen molar-refractivity contribution in [2.45, 2.75) is 12.8 Å². The number of piperidine rings is 1. The van der Waals surface area contributed by atoms with Gasteiger partial charge in [0.25, 0.3) is 0 Å². The van der Waals surface area contributed by atoms with Gasteiger partial charge in [-0.05, 0) is 54.6 Å². The highest BCUT2D eigenvalue weighted by molar-refractivity contribution is 7.13. The van der Waals surface area contributed by atoms with E-state index in [9.17, 15) is 9.18 Å². The lowest BCUT2D eigenvalue weighted by Crippen LogP contribution is -2.52. The lowest BCUT2D eigenvalue weighted by atomic mass is 9.96. The van der Waals surface area contributed by atoms with E-state index in [4.69, 9.17) is 11.6 Å². The lowest BCUT2D eigenvalue weighted by molar-refractivity contribution is -0.136. The highest BCUT2D eigenvalue weighted by atomic mass is 35.5. The fourth-order valence-electron chi connectivity index (χ4n) is 4.56. The van der Waals surface area contributed by atoms with Crippen molar-refractivity contribution < 1.29 is 9.18 Å². The van der Waals surface area contributed by atoms with E-state index >= 15 is 0 Å². The molecule has 1 unspecified atom stereocenters. The molecular formula is C24H25ClFN5OS. The Bertz CT molecular complexity index is 1100. The first-order valence-corrected chi connectivity index (χ1v) is 12.5. The molecule has 6 nitrogen and oxygen atoms in total. The molecule has 0 spiro atoms. The minimum atomic E-state index is -0.415. The fraction of sp³-hybridized carbons (Fsp3) is 0.375. The van der Waals surface area contributed by atoms with Crippen LogP contribution in [0.3, 0.4) is 0 Å². The van der Waals surface area contributed by atoms with Gasteiger partial charge < -0.3 is 14.7 Å². The Balaban J connectivity index is 1.18. The van der Waals surface area contributed by atoms with E-state index in [-0.39, 0.29) is 16.8 Å². The van der Waals surface area contributed by atoms with Gasteiger partial charge in [-0.25, -0.2) is 4.39 Å². The van der Waals surface area contributed by atoms with Crippen molar-refractivity contribution in [1.82, 2.24) is 15.1 Å². The summed E-state index contributed by atoms with van der Waals surface area (Å²) in [6.45, 7) is 4.27. The second kappa shape index (κ2) is 9.65. The van der Waals surface area contributed by atoms with Crippen LogP contribution in [0.4, 0.5) is 15.9 Å². The SMILES string of the molecule is O=C(C1CCCN(c2ccc(-c3cccs3)nn2)C1)N1CCN(c2ccc(F)c(Cl)c2)CC1. The average Bonchev–Trinajstić information content (AvgIpc) is 3.41. The number of hydrogen-bond acceptors (Lipinski definition) is 6. The quantitative estimate of drug-likeness (QED) is 0.542. The van der Waals surface area contributed by atoms with Crippen molar-refractivity contribution in [2.24, 2.45) is 5.92 Å². The summed E-state index contributed by atoms with van der Waals surface area (Å²) in [6, 6.07) is 12.8. The molecular weight excluding hydrogens is 461 g/mol. The van der Waals surface area contributed by atoms with Crippen LogP contribution >= 0.6 is 22.9 Å². The van der Waals surface area contributed by atoms with Crippen LogP contribution in [-0.2, 0) is 4.79 Å². The van der Waals surface area contributed by atoms with Gasteiger partial charge in [0.2, 0.25) is 5.91 Å². The first-order valence-electron chi connectivity index (χ1n) is 11.2. The zero-order chi connectivity index (χ0) is 22.8. The summed E-state index contributed by atoms with van der Waals surface area (Å²) in [5.41, 5.74) is 1.76. The second-order valence-corrected chi connectivity index (χ2v) is 9.80. The van der Waals surface area contributed by atoms with Crippen LogP contribution < -0.4 is 9.80 Å². The molecule has 33 heavy (non-hydrogen) atoms. The third kappa shape index (κ3) is 4.82. The summed E-state index contributed by atoms with van der Waals surface area (Å²) in [5.74, 6) is 0.580. The average molecular weight is 486 g/mol. The Morgan fingerprint density at radius 2 is 1.88 bits per heavy atom. The predicted octanol–water partition coefficient (Wildman–Crippen LogP) is 4.56. The van der Waals surface area contributed by atoms with E-state index < -0.39 is 5.82 Å². The first kappa shape index (κ1) is 22.1. The van der Waals surface area contributed by atoms with Crippen LogP contribution in [0, 0.1) is 11.7 Å².